The van der Waals surface area contributed by atoms with Crippen LogP contribution in [0.3, 0.4) is 0 Å². The van der Waals surface area contributed by atoms with Gasteiger partial charge >= 0.3 is 5.97 Å². The summed E-state index contributed by atoms with van der Waals surface area (Å²) in [7, 11) is 1.22. The number of aromatic nitrogens is 2. The molecule has 0 aliphatic carbocycles. The molecule has 1 aromatic carbocycles. The van der Waals surface area contributed by atoms with Crippen LogP contribution in [0, 0.1) is 0 Å². The van der Waals surface area contributed by atoms with Gasteiger partial charge in [0.25, 0.3) is 0 Å². The number of benzene rings is 1. The van der Waals surface area contributed by atoms with Crippen LogP contribution in [0.2, 0.25) is 0 Å². The number of nitrogens with zero attached hydrogens (tertiary/aromatic N) is 2. The number of halogens is 3. The molecule has 9 heteroatoms. The fourth-order valence-electron chi connectivity index (χ4n) is 1.85. The molecule has 0 saturated carbocycles. The minimum atomic E-state index is -0.905. The minimum absolute atomic E-state index is 0.00370. The lowest BCUT2D eigenvalue weighted by Crippen LogP contribution is -2.11. The van der Waals surface area contributed by atoms with Crippen molar-refractivity contribution in [2.24, 2.45) is 0 Å². The molecular weight excluding hydrogens is 488 g/mol. The Kier molecular flexibility index (Phi) is 5.65. The molecule has 1 atom stereocenters. The number of ether oxygens (including phenoxy) is 1. The lowest BCUT2D eigenvalue weighted by atomic mass is 10.0. The van der Waals surface area contributed by atoms with E-state index < -0.39 is 12.1 Å². The Bertz CT molecular complexity index is 718. The summed E-state index contributed by atoms with van der Waals surface area (Å²) in [6.45, 7) is 0.200. The fraction of sp³-hybridized carbons (Fsp3) is 0.231. The molecule has 0 aliphatic rings. The number of esters is 1. The molecule has 0 amide bonds. The van der Waals surface area contributed by atoms with E-state index in [1.807, 2.05) is 0 Å². The van der Waals surface area contributed by atoms with Crippen LogP contribution in [0.4, 0.5) is 0 Å². The van der Waals surface area contributed by atoms with Gasteiger partial charge in [0, 0.05) is 0 Å². The van der Waals surface area contributed by atoms with E-state index in [0.717, 1.165) is 0 Å². The molecule has 6 nitrogen and oxygen atoms in total. The predicted octanol–water partition coefficient (Wildman–Crippen LogP) is 3.40. The largest absolute Gasteiger partial charge is 0.507 e. The number of hydrogen-bond donors (Lipinski definition) is 2. The van der Waals surface area contributed by atoms with E-state index in [9.17, 15) is 15.0 Å². The van der Waals surface area contributed by atoms with Crippen molar-refractivity contribution in [3.63, 3.8) is 0 Å². The van der Waals surface area contributed by atoms with E-state index in [2.05, 4.69) is 57.5 Å². The average molecular weight is 499 g/mol. The second-order valence-electron chi connectivity index (χ2n) is 4.36. The first-order chi connectivity index (χ1) is 10.3. The second-order valence-corrected chi connectivity index (χ2v) is 6.57. The van der Waals surface area contributed by atoms with E-state index in [1.165, 1.54) is 19.2 Å². The lowest BCUT2D eigenvalue weighted by molar-refractivity contribution is 0.0597. The Morgan fingerprint density at radius 1 is 1.41 bits per heavy atom. The van der Waals surface area contributed by atoms with Crippen LogP contribution in [-0.2, 0) is 11.3 Å². The average Bonchev–Trinajstić information content (AvgIpc) is 2.73. The monoisotopic (exact) mass is 496 g/mol. The number of aliphatic hydroxyl groups excluding tert-OH is 1. The van der Waals surface area contributed by atoms with Crippen molar-refractivity contribution in [1.29, 1.82) is 0 Å². The number of aliphatic hydroxyl groups is 1. The highest BCUT2D eigenvalue weighted by Gasteiger charge is 2.19. The Morgan fingerprint density at radius 2 is 2.09 bits per heavy atom. The smallest absolute Gasteiger partial charge is 0.341 e. The van der Waals surface area contributed by atoms with Crippen LogP contribution in [-0.4, -0.2) is 32.8 Å². The SMILES string of the molecule is COC(=O)c1cc(C(O)Cn2c(Br)nc(Br)c2Br)ccc1O. The summed E-state index contributed by atoms with van der Waals surface area (Å²) in [5, 5.41) is 20.0. The first-order valence-corrected chi connectivity index (χ1v) is 8.39. The van der Waals surface area contributed by atoms with E-state index in [-0.39, 0.29) is 17.9 Å². The molecule has 2 N–H and O–H groups in total. The van der Waals surface area contributed by atoms with Gasteiger partial charge in [0.15, 0.2) is 4.73 Å². The molecule has 2 rings (SSSR count). The number of carbonyl (C=O) groups excluding carboxylic acids is 1. The standard InChI is InChI=1S/C13H11Br3N2O4/c1-22-12(21)7-4-6(2-3-8(7)19)9(20)5-18-11(15)10(14)17-13(18)16/h2-4,9,19-20H,5H2,1H3. The van der Waals surface area contributed by atoms with Gasteiger partial charge < -0.3 is 19.5 Å². The van der Waals surface area contributed by atoms with E-state index in [4.69, 9.17) is 0 Å². The van der Waals surface area contributed by atoms with Crippen LogP contribution in [0.25, 0.3) is 0 Å². The Hall–Kier alpha value is -0.900. The zero-order valence-electron chi connectivity index (χ0n) is 11.3. The molecule has 1 unspecified atom stereocenters. The number of carbonyl (C=O) groups is 1. The first kappa shape index (κ1) is 17.5. The number of methoxy groups -OCH3 is 1. The van der Waals surface area contributed by atoms with Gasteiger partial charge in [0.1, 0.15) is 20.5 Å². The van der Waals surface area contributed by atoms with Crippen LogP contribution in [0.15, 0.2) is 32.1 Å². The summed E-state index contributed by atoms with van der Waals surface area (Å²) < 4.78 is 8.12. The molecule has 0 saturated heterocycles. The maximum atomic E-state index is 11.6. The predicted molar refractivity (Wildman–Crippen MR) is 89.7 cm³/mol. The van der Waals surface area contributed by atoms with Crippen LogP contribution < -0.4 is 0 Å². The summed E-state index contributed by atoms with van der Waals surface area (Å²) in [5.74, 6) is -0.866. The summed E-state index contributed by atoms with van der Waals surface area (Å²) in [5.41, 5.74) is 0.478. The molecule has 0 aliphatic heterocycles. The fourth-order valence-corrected chi connectivity index (χ4v) is 3.61. The van der Waals surface area contributed by atoms with Gasteiger partial charge in [0.05, 0.1) is 19.8 Å². The summed E-state index contributed by atoms with van der Waals surface area (Å²) in [6.07, 6.45) is -0.905. The molecule has 118 valence electrons. The number of aromatic hydroxyl groups is 1. The third-order valence-corrected chi connectivity index (χ3v) is 5.48. The maximum absolute atomic E-state index is 11.6. The number of hydrogen-bond acceptors (Lipinski definition) is 5. The molecule has 1 heterocycles. The molecule has 2 aromatic rings. The van der Waals surface area contributed by atoms with Gasteiger partial charge in [-0.3, -0.25) is 0 Å². The number of imidazole rings is 1. The molecule has 0 fully saturated rings. The topological polar surface area (TPSA) is 84.6 Å². The summed E-state index contributed by atoms with van der Waals surface area (Å²) in [4.78, 5) is 15.7. The van der Waals surface area contributed by atoms with Crippen LogP contribution in [0.1, 0.15) is 22.0 Å². The normalized spacial score (nSPS) is 12.2. The van der Waals surface area contributed by atoms with Crippen molar-refractivity contribution in [2.75, 3.05) is 7.11 Å². The molecule has 1 aromatic heterocycles. The lowest BCUT2D eigenvalue weighted by Gasteiger charge is -2.15. The molecular formula is C13H11Br3N2O4. The van der Waals surface area contributed by atoms with Crippen molar-refractivity contribution in [3.8, 4) is 5.75 Å². The highest BCUT2D eigenvalue weighted by Crippen LogP contribution is 2.30. The molecule has 0 spiro atoms. The maximum Gasteiger partial charge on any atom is 0.341 e. The van der Waals surface area contributed by atoms with Crippen molar-refractivity contribution >= 4 is 53.8 Å². The molecule has 0 bridgehead atoms. The zero-order valence-corrected chi connectivity index (χ0v) is 16.0. The summed E-state index contributed by atoms with van der Waals surface area (Å²) in [6, 6.07) is 4.29. The van der Waals surface area contributed by atoms with Gasteiger partial charge in [-0.1, -0.05) is 6.07 Å². The highest BCUT2D eigenvalue weighted by atomic mass is 79.9. The Morgan fingerprint density at radius 3 is 2.64 bits per heavy atom. The first-order valence-electron chi connectivity index (χ1n) is 6.01. The minimum Gasteiger partial charge on any atom is -0.507 e. The molecule has 22 heavy (non-hydrogen) atoms. The van der Waals surface area contributed by atoms with Crippen molar-refractivity contribution in [1.82, 2.24) is 9.55 Å². The Labute approximate surface area is 151 Å². The number of rotatable bonds is 4. The quantitative estimate of drug-likeness (QED) is 0.631. The van der Waals surface area contributed by atoms with Crippen molar-refractivity contribution in [3.05, 3.63) is 43.3 Å². The van der Waals surface area contributed by atoms with Gasteiger partial charge in [0.2, 0.25) is 0 Å². The summed E-state index contributed by atoms with van der Waals surface area (Å²) >= 11 is 9.93. The number of phenols is 1. The van der Waals surface area contributed by atoms with E-state index in [1.54, 1.807) is 10.6 Å². The number of phenolic OH excluding ortho intramolecular Hbond substituents is 1. The second kappa shape index (κ2) is 7.12. The van der Waals surface area contributed by atoms with Gasteiger partial charge in [-0.05, 0) is 65.5 Å². The van der Waals surface area contributed by atoms with Crippen molar-refractivity contribution in [2.45, 2.75) is 12.6 Å². The van der Waals surface area contributed by atoms with Gasteiger partial charge in [-0.25, -0.2) is 9.78 Å². The van der Waals surface area contributed by atoms with E-state index >= 15 is 0 Å². The third kappa shape index (κ3) is 3.53. The van der Waals surface area contributed by atoms with Crippen molar-refractivity contribution < 1.29 is 19.7 Å². The third-order valence-electron chi connectivity index (χ3n) is 2.99. The van der Waals surface area contributed by atoms with Crippen LogP contribution in [0.5, 0.6) is 5.75 Å². The van der Waals surface area contributed by atoms with Gasteiger partial charge in [-0.2, -0.15) is 0 Å². The Balaban J connectivity index is 2.30. The van der Waals surface area contributed by atoms with Crippen LogP contribution >= 0.6 is 47.8 Å². The zero-order chi connectivity index (χ0) is 16.4. The van der Waals surface area contributed by atoms with Gasteiger partial charge in [-0.15, -0.1) is 0 Å². The van der Waals surface area contributed by atoms with E-state index in [0.29, 0.717) is 19.5 Å². The molecule has 0 radical (unpaired) electrons. The highest BCUT2D eigenvalue weighted by molar-refractivity contribution is 9.13.